The zero-order chi connectivity index (χ0) is 16.4. The fourth-order valence-corrected chi connectivity index (χ4v) is 3.70. The SMILES string of the molecule is Cc1cccc(C)c1C=CC1CCN(C(=O)C2(N)CCC2)CC1. The van der Waals surface area contributed by atoms with Gasteiger partial charge in [0, 0.05) is 13.1 Å². The van der Waals surface area contributed by atoms with Crippen LogP contribution in [-0.2, 0) is 4.79 Å². The summed E-state index contributed by atoms with van der Waals surface area (Å²) in [5, 5.41) is 0. The van der Waals surface area contributed by atoms with Crippen molar-refractivity contribution >= 4 is 12.0 Å². The van der Waals surface area contributed by atoms with Gasteiger partial charge in [-0.15, -0.1) is 0 Å². The number of carbonyl (C=O) groups excluding carboxylic acids is 1. The minimum Gasteiger partial charge on any atom is -0.341 e. The normalized spacial score (nSPS) is 21.4. The number of hydrogen-bond acceptors (Lipinski definition) is 2. The Labute approximate surface area is 139 Å². The van der Waals surface area contributed by atoms with Crippen LogP contribution in [0.1, 0.15) is 48.8 Å². The molecular formula is C20H28N2O. The lowest BCUT2D eigenvalue weighted by molar-refractivity contribution is -0.141. The maximum atomic E-state index is 12.5. The zero-order valence-electron chi connectivity index (χ0n) is 14.3. The average Bonchev–Trinajstić information content (AvgIpc) is 2.52. The molecule has 0 unspecified atom stereocenters. The lowest BCUT2D eigenvalue weighted by Crippen LogP contribution is -2.60. The number of amides is 1. The molecule has 1 heterocycles. The Bertz CT molecular complexity index is 588. The van der Waals surface area contributed by atoms with E-state index in [4.69, 9.17) is 5.73 Å². The predicted octanol–water partition coefficient (Wildman–Crippen LogP) is 3.44. The highest BCUT2D eigenvalue weighted by atomic mass is 16.2. The molecule has 2 aliphatic rings. The van der Waals surface area contributed by atoms with Gasteiger partial charge < -0.3 is 10.6 Å². The molecular weight excluding hydrogens is 284 g/mol. The van der Waals surface area contributed by atoms with Crippen molar-refractivity contribution in [3.8, 4) is 0 Å². The summed E-state index contributed by atoms with van der Waals surface area (Å²) in [6.45, 7) is 6.01. The standard InChI is InChI=1S/C20H28N2O/c1-15-5-3-6-16(2)18(15)8-7-17-9-13-22(14-10-17)19(23)20(21)11-4-12-20/h3,5-8,17H,4,9-14,21H2,1-2H3. The fraction of sp³-hybridized carbons (Fsp3) is 0.550. The van der Waals surface area contributed by atoms with Crippen molar-refractivity contribution < 1.29 is 4.79 Å². The summed E-state index contributed by atoms with van der Waals surface area (Å²) in [7, 11) is 0. The van der Waals surface area contributed by atoms with E-state index in [0.29, 0.717) is 5.92 Å². The van der Waals surface area contributed by atoms with E-state index in [1.54, 1.807) is 0 Å². The summed E-state index contributed by atoms with van der Waals surface area (Å²) in [5.41, 5.74) is 9.61. The smallest absolute Gasteiger partial charge is 0.242 e. The van der Waals surface area contributed by atoms with Crippen molar-refractivity contribution in [3.63, 3.8) is 0 Å². The molecule has 1 aliphatic carbocycles. The van der Waals surface area contributed by atoms with Gasteiger partial charge in [0.2, 0.25) is 5.91 Å². The highest BCUT2D eigenvalue weighted by Crippen LogP contribution is 2.32. The molecule has 1 saturated carbocycles. The van der Waals surface area contributed by atoms with Crippen molar-refractivity contribution in [2.24, 2.45) is 11.7 Å². The van der Waals surface area contributed by atoms with Crippen molar-refractivity contribution in [1.29, 1.82) is 0 Å². The van der Waals surface area contributed by atoms with Crippen LogP contribution >= 0.6 is 0 Å². The second kappa shape index (κ2) is 6.48. The van der Waals surface area contributed by atoms with Gasteiger partial charge >= 0.3 is 0 Å². The summed E-state index contributed by atoms with van der Waals surface area (Å²) in [5.74, 6) is 0.745. The van der Waals surface area contributed by atoms with Crippen LogP contribution in [0.4, 0.5) is 0 Å². The van der Waals surface area contributed by atoms with Crippen LogP contribution in [0.5, 0.6) is 0 Å². The molecule has 1 saturated heterocycles. The molecule has 2 N–H and O–H groups in total. The first kappa shape index (κ1) is 16.3. The van der Waals surface area contributed by atoms with Crippen molar-refractivity contribution in [2.45, 2.75) is 51.5 Å². The number of benzene rings is 1. The van der Waals surface area contributed by atoms with Crippen LogP contribution in [-0.4, -0.2) is 29.4 Å². The molecule has 23 heavy (non-hydrogen) atoms. The number of nitrogens with two attached hydrogens (primary N) is 1. The lowest BCUT2D eigenvalue weighted by atomic mass is 9.76. The number of piperidine rings is 1. The Morgan fingerprint density at radius 2 is 1.83 bits per heavy atom. The number of rotatable bonds is 3. The molecule has 0 spiro atoms. The monoisotopic (exact) mass is 312 g/mol. The minimum absolute atomic E-state index is 0.181. The fourth-order valence-electron chi connectivity index (χ4n) is 3.70. The number of likely N-dealkylation sites (tertiary alicyclic amines) is 1. The molecule has 3 nitrogen and oxygen atoms in total. The van der Waals surface area contributed by atoms with E-state index < -0.39 is 5.54 Å². The van der Waals surface area contributed by atoms with Gasteiger partial charge in [0.15, 0.2) is 0 Å². The first-order valence-electron chi connectivity index (χ1n) is 8.82. The van der Waals surface area contributed by atoms with Gasteiger partial charge in [0.05, 0.1) is 5.54 Å². The van der Waals surface area contributed by atoms with Gasteiger partial charge in [0.1, 0.15) is 0 Å². The second-order valence-corrected chi connectivity index (χ2v) is 7.30. The van der Waals surface area contributed by atoms with Gasteiger partial charge in [-0.05, 0) is 68.6 Å². The number of carbonyl (C=O) groups is 1. The van der Waals surface area contributed by atoms with Crippen LogP contribution in [0.2, 0.25) is 0 Å². The Kier molecular flexibility index (Phi) is 4.58. The highest BCUT2D eigenvalue weighted by Gasteiger charge is 2.43. The van der Waals surface area contributed by atoms with Gasteiger partial charge in [-0.3, -0.25) is 4.79 Å². The lowest BCUT2D eigenvalue weighted by Gasteiger charge is -2.42. The molecule has 0 atom stereocenters. The van der Waals surface area contributed by atoms with E-state index in [2.05, 4.69) is 44.2 Å². The summed E-state index contributed by atoms with van der Waals surface area (Å²) in [4.78, 5) is 14.4. The van der Waals surface area contributed by atoms with E-state index in [1.807, 2.05) is 4.90 Å². The van der Waals surface area contributed by atoms with E-state index in [1.165, 1.54) is 16.7 Å². The molecule has 1 aromatic rings. The largest absolute Gasteiger partial charge is 0.341 e. The van der Waals surface area contributed by atoms with E-state index in [-0.39, 0.29) is 5.91 Å². The van der Waals surface area contributed by atoms with E-state index >= 15 is 0 Å². The average molecular weight is 312 g/mol. The molecule has 124 valence electrons. The third-order valence-electron chi connectivity index (χ3n) is 5.58. The van der Waals surface area contributed by atoms with Crippen LogP contribution in [0.3, 0.4) is 0 Å². The Balaban J connectivity index is 1.57. The van der Waals surface area contributed by atoms with Gasteiger partial charge in [-0.1, -0.05) is 30.4 Å². The number of hydrogen-bond donors (Lipinski definition) is 1. The maximum absolute atomic E-state index is 12.5. The van der Waals surface area contributed by atoms with Crippen molar-refractivity contribution in [1.82, 2.24) is 4.90 Å². The molecule has 0 radical (unpaired) electrons. The summed E-state index contributed by atoms with van der Waals surface area (Å²) < 4.78 is 0. The van der Waals surface area contributed by atoms with E-state index in [9.17, 15) is 4.79 Å². The number of allylic oxidation sites excluding steroid dienone is 1. The molecule has 0 aromatic heterocycles. The summed E-state index contributed by atoms with van der Waals surface area (Å²) in [6, 6.07) is 6.43. The molecule has 3 heteroatoms. The Morgan fingerprint density at radius 3 is 2.35 bits per heavy atom. The quantitative estimate of drug-likeness (QED) is 0.929. The zero-order valence-corrected chi connectivity index (χ0v) is 14.3. The predicted molar refractivity (Wildman–Crippen MR) is 95.0 cm³/mol. The van der Waals surface area contributed by atoms with Crippen molar-refractivity contribution in [2.75, 3.05) is 13.1 Å². The third-order valence-corrected chi connectivity index (χ3v) is 5.58. The molecule has 3 rings (SSSR count). The van der Waals surface area contributed by atoms with Gasteiger partial charge in [-0.2, -0.15) is 0 Å². The second-order valence-electron chi connectivity index (χ2n) is 7.30. The first-order valence-corrected chi connectivity index (χ1v) is 8.82. The van der Waals surface area contributed by atoms with Crippen LogP contribution < -0.4 is 5.73 Å². The van der Waals surface area contributed by atoms with Crippen LogP contribution in [0, 0.1) is 19.8 Å². The first-order chi connectivity index (χ1) is 11.0. The minimum atomic E-state index is -0.541. The van der Waals surface area contributed by atoms with Crippen molar-refractivity contribution in [3.05, 3.63) is 41.0 Å². The summed E-state index contributed by atoms with van der Waals surface area (Å²) >= 11 is 0. The Morgan fingerprint density at radius 1 is 1.22 bits per heavy atom. The maximum Gasteiger partial charge on any atom is 0.242 e. The van der Waals surface area contributed by atoms with Gasteiger partial charge in [-0.25, -0.2) is 0 Å². The number of nitrogens with zero attached hydrogens (tertiary/aromatic N) is 1. The molecule has 1 amide bonds. The Hall–Kier alpha value is -1.61. The number of aryl methyl sites for hydroxylation is 2. The van der Waals surface area contributed by atoms with Crippen LogP contribution in [0.25, 0.3) is 6.08 Å². The van der Waals surface area contributed by atoms with E-state index in [0.717, 1.165) is 45.2 Å². The molecule has 1 aliphatic heterocycles. The molecule has 2 fully saturated rings. The van der Waals surface area contributed by atoms with Crippen LogP contribution in [0.15, 0.2) is 24.3 Å². The summed E-state index contributed by atoms with van der Waals surface area (Å²) in [6.07, 6.45) is 9.50. The third kappa shape index (κ3) is 3.35. The molecule has 1 aromatic carbocycles. The van der Waals surface area contributed by atoms with Gasteiger partial charge in [0.25, 0.3) is 0 Å². The topological polar surface area (TPSA) is 46.3 Å². The molecule has 0 bridgehead atoms. The highest BCUT2D eigenvalue weighted by molar-refractivity contribution is 5.87.